The smallest absolute Gasteiger partial charge is 0.257 e. The van der Waals surface area contributed by atoms with E-state index in [1.165, 1.54) is 0 Å². The minimum absolute atomic E-state index is 0.346. The lowest BCUT2D eigenvalue weighted by Crippen LogP contribution is -2.10. The normalized spacial score (nSPS) is 19.0. The van der Waals surface area contributed by atoms with Crippen molar-refractivity contribution in [1.29, 1.82) is 0 Å². The minimum Gasteiger partial charge on any atom is -0.378 e. The van der Waals surface area contributed by atoms with Gasteiger partial charge in [-0.1, -0.05) is 36.4 Å². The van der Waals surface area contributed by atoms with E-state index in [-0.39, 0.29) is 5.91 Å². The van der Waals surface area contributed by atoms with Crippen molar-refractivity contribution in [2.45, 2.75) is 6.10 Å². The van der Waals surface area contributed by atoms with Crippen LogP contribution in [0.2, 0.25) is 0 Å². The molecule has 0 saturated carbocycles. The molecule has 0 aliphatic carbocycles. The van der Waals surface area contributed by atoms with Crippen LogP contribution in [0.3, 0.4) is 0 Å². The third-order valence-electron chi connectivity index (χ3n) is 2.75. The summed E-state index contributed by atoms with van der Waals surface area (Å²) in [4.78, 5) is 11.3. The molecule has 1 atom stereocenters. The summed E-state index contributed by atoms with van der Waals surface area (Å²) in [7, 11) is 0. The van der Waals surface area contributed by atoms with Crippen LogP contribution in [0.5, 0.6) is 0 Å². The molecule has 0 aromatic heterocycles. The maximum atomic E-state index is 11.3. The van der Waals surface area contributed by atoms with Gasteiger partial charge in [0.05, 0.1) is 5.69 Å². The number of aliphatic hydroxyl groups excluding tert-OH is 1. The lowest BCUT2D eigenvalue weighted by atomic mass is 10.0. The lowest BCUT2D eigenvalue weighted by molar-refractivity contribution is -0.123. The Morgan fingerprint density at radius 1 is 1.13 bits per heavy atom. The number of carbonyl (C=O) groups is 1. The highest BCUT2D eigenvalue weighted by Gasteiger charge is 2.29. The maximum Gasteiger partial charge on any atom is 0.257 e. The summed E-state index contributed by atoms with van der Waals surface area (Å²) < 4.78 is 0. The van der Waals surface area contributed by atoms with Crippen molar-refractivity contribution in [3.8, 4) is 0 Å². The first-order valence-corrected chi connectivity index (χ1v) is 4.78. The number of nitrogens with one attached hydrogen (secondary N) is 1. The maximum absolute atomic E-state index is 11.3. The van der Waals surface area contributed by atoms with Crippen LogP contribution in [0.4, 0.5) is 5.69 Å². The zero-order valence-corrected chi connectivity index (χ0v) is 7.90. The van der Waals surface area contributed by atoms with Crippen LogP contribution in [0.25, 0.3) is 10.8 Å². The average molecular weight is 199 g/mol. The third kappa shape index (κ3) is 1.07. The summed E-state index contributed by atoms with van der Waals surface area (Å²) >= 11 is 0. The van der Waals surface area contributed by atoms with Gasteiger partial charge in [-0.05, 0) is 5.39 Å². The molecule has 3 nitrogen and oxygen atoms in total. The number of aliphatic hydroxyl groups is 1. The van der Waals surface area contributed by atoms with E-state index in [1.54, 1.807) is 6.07 Å². The van der Waals surface area contributed by atoms with Gasteiger partial charge in [0.1, 0.15) is 0 Å². The molecule has 0 fully saturated rings. The Kier molecular flexibility index (Phi) is 1.58. The molecule has 2 N–H and O–H groups in total. The molecule has 3 heteroatoms. The van der Waals surface area contributed by atoms with E-state index >= 15 is 0 Å². The number of benzene rings is 2. The molecule has 3 rings (SSSR count). The number of fused-ring (bicyclic) bond motifs is 3. The van der Waals surface area contributed by atoms with E-state index in [0.717, 1.165) is 16.5 Å². The van der Waals surface area contributed by atoms with Crippen LogP contribution in [0.1, 0.15) is 11.7 Å². The van der Waals surface area contributed by atoms with Crippen molar-refractivity contribution in [3.63, 3.8) is 0 Å². The Balaban J connectivity index is 2.38. The van der Waals surface area contributed by atoms with Gasteiger partial charge in [0, 0.05) is 10.9 Å². The first kappa shape index (κ1) is 8.44. The molecule has 2 aromatic carbocycles. The molecule has 1 aliphatic rings. The molecule has 2 aromatic rings. The molecule has 1 aliphatic heterocycles. The van der Waals surface area contributed by atoms with Crippen LogP contribution < -0.4 is 5.32 Å². The van der Waals surface area contributed by atoms with Crippen molar-refractivity contribution >= 4 is 22.4 Å². The van der Waals surface area contributed by atoms with E-state index in [2.05, 4.69) is 5.32 Å². The van der Waals surface area contributed by atoms with Crippen LogP contribution in [0.15, 0.2) is 36.4 Å². The summed E-state index contributed by atoms with van der Waals surface area (Å²) in [6, 6.07) is 11.5. The van der Waals surface area contributed by atoms with Crippen LogP contribution >= 0.6 is 0 Å². The molecule has 1 amide bonds. The Labute approximate surface area is 86.3 Å². The number of hydrogen-bond acceptors (Lipinski definition) is 2. The molecule has 0 spiro atoms. The van der Waals surface area contributed by atoms with E-state index in [1.807, 2.05) is 30.3 Å². The molecular weight excluding hydrogens is 190 g/mol. The molecule has 15 heavy (non-hydrogen) atoms. The second kappa shape index (κ2) is 2.81. The fraction of sp³-hybridized carbons (Fsp3) is 0.0833. The summed E-state index contributed by atoms with van der Waals surface area (Å²) in [5, 5.41) is 14.3. The monoisotopic (exact) mass is 199 g/mol. The molecule has 1 heterocycles. The highest BCUT2D eigenvalue weighted by Crippen LogP contribution is 2.36. The summed E-state index contributed by atoms with van der Waals surface area (Å²) in [6.07, 6.45) is -1.02. The highest BCUT2D eigenvalue weighted by molar-refractivity contribution is 6.10. The molecular formula is C12H9NO2. The molecule has 74 valence electrons. The van der Waals surface area contributed by atoms with Crippen molar-refractivity contribution < 1.29 is 9.90 Å². The lowest BCUT2D eigenvalue weighted by Gasteiger charge is -2.04. The van der Waals surface area contributed by atoms with E-state index in [9.17, 15) is 9.90 Å². The van der Waals surface area contributed by atoms with Gasteiger partial charge in [0.2, 0.25) is 0 Å². The predicted octanol–water partition coefficient (Wildman–Crippen LogP) is 1.83. The average Bonchev–Trinajstić information content (AvgIpc) is 2.56. The van der Waals surface area contributed by atoms with Gasteiger partial charge in [-0.15, -0.1) is 0 Å². The fourth-order valence-corrected chi connectivity index (χ4v) is 1.99. The minimum atomic E-state index is -1.02. The standard InChI is InChI=1S/C12H9NO2/c14-11-9-6-5-7-3-1-2-4-8(7)10(9)13-12(11)15/h1-6,11,14H,(H,13,15). The van der Waals surface area contributed by atoms with E-state index < -0.39 is 6.10 Å². The topological polar surface area (TPSA) is 49.3 Å². The second-order valence-electron chi connectivity index (χ2n) is 3.64. The zero-order chi connectivity index (χ0) is 10.4. The Hall–Kier alpha value is -1.87. The van der Waals surface area contributed by atoms with Crippen molar-refractivity contribution in [2.24, 2.45) is 0 Å². The number of anilines is 1. The predicted molar refractivity (Wildman–Crippen MR) is 57.5 cm³/mol. The largest absolute Gasteiger partial charge is 0.378 e. The SMILES string of the molecule is O=C1Nc2c(ccc3ccccc23)C1O. The fourth-order valence-electron chi connectivity index (χ4n) is 1.99. The van der Waals surface area contributed by atoms with Gasteiger partial charge in [0.15, 0.2) is 6.10 Å². The Morgan fingerprint density at radius 3 is 2.80 bits per heavy atom. The third-order valence-corrected chi connectivity index (χ3v) is 2.75. The second-order valence-corrected chi connectivity index (χ2v) is 3.64. The van der Waals surface area contributed by atoms with Gasteiger partial charge >= 0.3 is 0 Å². The van der Waals surface area contributed by atoms with E-state index in [0.29, 0.717) is 5.56 Å². The molecule has 0 bridgehead atoms. The van der Waals surface area contributed by atoms with Crippen molar-refractivity contribution in [2.75, 3.05) is 5.32 Å². The summed E-state index contributed by atoms with van der Waals surface area (Å²) in [5.41, 5.74) is 1.41. The van der Waals surface area contributed by atoms with E-state index in [4.69, 9.17) is 0 Å². The molecule has 0 radical (unpaired) electrons. The molecule has 0 saturated heterocycles. The Morgan fingerprint density at radius 2 is 1.93 bits per heavy atom. The zero-order valence-electron chi connectivity index (χ0n) is 7.90. The first-order valence-electron chi connectivity index (χ1n) is 4.78. The number of rotatable bonds is 0. The quantitative estimate of drug-likeness (QED) is 0.680. The molecule has 1 unspecified atom stereocenters. The van der Waals surface area contributed by atoms with Crippen LogP contribution in [-0.4, -0.2) is 11.0 Å². The number of carbonyl (C=O) groups excluding carboxylic acids is 1. The van der Waals surface area contributed by atoms with Crippen LogP contribution in [-0.2, 0) is 4.79 Å². The summed E-state index contributed by atoms with van der Waals surface area (Å²) in [5.74, 6) is -0.346. The van der Waals surface area contributed by atoms with Gasteiger partial charge < -0.3 is 10.4 Å². The first-order chi connectivity index (χ1) is 7.27. The van der Waals surface area contributed by atoms with Crippen LogP contribution in [0, 0.1) is 0 Å². The Bertz CT molecular complexity index is 563. The van der Waals surface area contributed by atoms with Gasteiger partial charge in [-0.3, -0.25) is 4.79 Å². The van der Waals surface area contributed by atoms with Gasteiger partial charge in [0.25, 0.3) is 5.91 Å². The summed E-state index contributed by atoms with van der Waals surface area (Å²) in [6.45, 7) is 0. The number of hydrogen-bond donors (Lipinski definition) is 2. The van der Waals surface area contributed by atoms with Gasteiger partial charge in [-0.2, -0.15) is 0 Å². The number of amides is 1. The highest BCUT2D eigenvalue weighted by atomic mass is 16.3. The van der Waals surface area contributed by atoms with Gasteiger partial charge in [-0.25, -0.2) is 0 Å². The van der Waals surface area contributed by atoms with Crippen molar-refractivity contribution in [3.05, 3.63) is 42.0 Å². The van der Waals surface area contributed by atoms with Crippen molar-refractivity contribution in [1.82, 2.24) is 0 Å².